The molecule has 0 bridgehead atoms. The molecule has 2 aromatic carbocycles. The number of carbonyl (C=O) groups excluding carboxylic acids is 1. The summed E-state index contributed by atoms with van der Waals surface area (Å²) >= 11 is 4.38. The summed E-state index contributed by atoms with van der Waals surface area (Å²) in [5.41, 5.74) is 3.17. The molecule has 0 aliphatic carbocycles. The minimum absolute atomic E-state index is 0.0231. The lowest BCUT2D eigenvalue weighted by atomic mass is 9.99. The molecule has 0 saturated carbocycles. The van der Waals surface area contributed by atoms with E-state index in [1.54, 1.807) is 0 Å². The highest BCUT2D eigenvalue weighted by Gasteiger charge is 2.26. The Morgan fingerprint density at radius 2 is 1.86 bits per heavy atom. The lowest BCUT2D eigenvalue weighted by Crippen LogP contribution is -2.47. The van der Waals surface area contributed by atoms with E-state index in [9.17, 15) is 14.7 Å². The quantitative estimate of drug-likeness (QED) is 0.628. The first-order valence-corrected chi connectivity index (χ1v) is 10.2. The van der Waals surface area contributed by atoms with Crippen molar-refractivity contribution in [3.05, 3.63) is 65.7 Å². The number of hydrogen-bond donors (Lipinski definition) is 3. The number of aryl methyl sites for hydroxylation is 1. The molecule has 5 nitrogen and oxygen atoms in total. The first kappa shape index (κ1) is 20.3. The van der Waals surface area contributed by atoms with Crippen molar-refractivity contribution in [2.75, 3.05) is 23.7 Å². The fourth-order valence-corrected chi connectivity index (χ4v) is 4.00. The highest BCUT2D eigenvalue weighted by molar-refractivity contribution is 7.80. The van der Waals surface area contributed by atoms with Crippen LogP contribution in [0, 0.1) is 5.92 Å². The molecular weight excluding hydrogens is 372 g/mol. The van der Waals surface area contributed by atoms with Crippen LogP contribution in [0.3, 0.4) is 0 Å². The number of rotatable bonds is 7. The molecule has 2 atom stereocenters. The predicted octanol–water partition coefficient (Wildman–Crippen LogP) is 2.80. The predicted molar refractivity (Wildman–Crippen MR) is 114 cm³/mol. The summed E-state index contributed by atoms with van der Waals surface area (Å²) in [6.45, 7) is 0.406. The largest absolute Gasteiger partial charge is 0.480 e. The summed E-state index contributed by atoms with van der Waals surface area (Å²) in [5, 5.41) is 12.4. The van der Waals surface area contributed by atoms with Crippen LogP contribution >= 0.6 is 12.6 Å². The third-order valence-corrected chi connectivity index (χ3v) is 5.56. The molecule has 2 aromatic rings. The number of fused-ring (bicyclic) bond motifs is 1. The Balaban J connectivity index is 1.69. The number of nitrogens with one attached hydrogen (secondary N) is 1. The van der Waals surface area contributed by atoms with Crippen LogP contribution in [0.1, 0.15) is 17.5 Å². The van der Waals surface area contributed by atoms with Gasteiger partial charge in [-0.25, -0.2) is 0 Å². The van der Waals surface area contributed by atoms with Gasteiger partial charge in [-0.2, -0.15) is 12.6 Å². The van der Waals surface area contributed by atoms with Crippen molar-refractivity contribution in [3.63, 3.8) is 0 Å². The van der Waals surface area contributed by atoms with Gasteiger partial charge in [0, 0.05) is 24.0 Å². The van der Waals surface area contributed by atoms with Crippen molar-refractivity contribution >= 4 is 30.2 Å². The van der Waals surface area contributed by atoms with Crippen LogP contribution in [0.5, 0.6) is 0 Å². The molecule has 1 amide bonds. The minimum atomic E-state index is -0.876. The summed E-state index contributed by atoms with van der Waals surface area (Å²) in [5.74, 6) is -0.652. The Bertz CT molecular complexity index is 812. The van der Waals surface area contributed by atoms with Crippen LogP contribution in [0.25, 0.3) is 0 Å². The van der Waals surface area contributed by atoms with E-state index in [0.29, 0.717) is 18.7 Å². The first-order chi connectivity index (χ1) is 13.6. The maximum Gasteiger partial charge on any atom is 0.323 e. The Hall–Kier alpha value is -2.47. The van der Waals surface area contributed by atoms with Gasteiger partial charge in [0.15, 0.2) is 0 Å². The van der Waals surface area contributed by atoms with E-state index in [-0.39, 0.29) is 24.4 Å². The van der Waals surface area contributed by atoms with Crippen molar-refractivity contribution in [2.24, 2.45) is 5.92 Å². The van der Waals surface area contributed by atoms with Crippen molar-refractivity contribution in [1.82, 2.24) is 5.32 Å². The highest BCUT2D eigenvalue weighted by Crippen LogP contribution is 2.26. The van der Waals surface area contributed by atoms with Crippen LogP contribution in [0.15, 0.2) is 54.6 Å². The molecule has 28 heavy (non-hydrogen) atoms. The molecule has 0 unspecified atom stereocenters. The smallest absolute Gasteiger partial charge is 0.323 e. The normalized spacial score (nSPS) is 17.3. The van der Waals surface area contributed by atoms with Gasteiger partial charge in [0.1, 0.15) is 6.54 Å². The lowest BCUT2D eigenvalue weighted by molar-refractivity contribution is -0.135. The zero-order chi connectivity index (χ0) is 19.9. The van der Waals surface area contributed by atoms with Gasteiger partial charge in [0.05, 0.1) is 5.92 Å². The fourth-order valence-electron chi connectivity index (χ4n) is 3.70. The third-order valence-electron chi connectivity index (χ3n) is 5.12. The van der Waals surface area contributed by atoms with Crippen LogP contribution in [-0.4, -0.2) is 41.9 Å². The Morgan fingerprint density at radius 3 is 2.57 bits per heavy atom. The molecule has 1 aliphatic heterocycles. The number of amides is 1. The standard InChI is InChI=1S/C22H26N2O3S/c25-21(26)14-24-13-19(11-10-17-8-4-5-9-20(17)24)23-22(27)18(15-28)12-16-6-2-1-3-7-16/h1-9,18-19,28H,10-15H2,(H,23,27)(H,25,26)/t18-,19-/m1/s1. The number of thiol groups is 1. The van der Waals surface area contributed by atoms with Gasteiger partial charge in [-0.3, -0.25) is 9.59 Å². The number of carboxylic acid groups (broad SMARTS) is 1. The monoisotopic (exact) mass is 398 g/mol. The second-order valence-corrected chi connectivity index (χ2v) is 7.58. The van der Waals surface area contributed by atoms with Crippen LogP contribution in [-0.2, 0) is 22.4 Å². The van der Waals surface area contributed by atoms with E-state index in [2.05, 4.69) is 17.9 Å². The molecule has 0 radical (unpaired) electrons. The average Bonchev–Trinajstić information content (AvgIpc) is 2.86. The van der Waals surface area contributed by atoms with Gasteiger partial charge in [0.2, 0.25) is 5.91 Å². The Morgan fingerprint density at radius 1 is 1.14 bits per heavy atom. The minimum Gasteiger partial charge on any atom is -0.480 e. The molecule has 6 heteroatoms. The van der Waals surface area contributed by atoms with Gasteiger partial charge in [-0.1, -0.05) is 48.5 Å². The van der Waals surface area contributed by atoms with E-state index >= 15 is 0 Å². The lowest BCUT2D eigenvalue weighted by Gasteiger charge is -2.27. The van der Waals surface area contributed by atoms with E-state index in [0.717, 1.165) is 29.7 Å². The number of aliphatic carboxylic acids is 1. The topological polar surface area (TPSA) is 69.6 Å². The second-order valence-electron chi connectivity index (χ2n) is 7.22. The highest BCUT2D eigenvalue weighted by atomic mass is 32.1. The number of carboxylic acids is 1. The van der Waals surface area contributed by atoms with Gasteiger partial charge >= 0.3 is 5.97 Å². The molecule has 3 rings (SSSR count). The molecule has 0 spiro atoms. The Labute approximate surface area is 171 Å². The molecule has 0 aromatic heterocycles. The van der Waals surface area contributed by atoms with E-state index in [4.69, 9.17) is 0 Å². The van der Waals surface area contributed by atoms with Crippen LogP contribution in [0.2, 0.25) is 0 Å². The van der Waals surface area contributed by atoms with Gasteiger partial charge in [0.25, 0.3) is 0 Å². The van der Waals surface area contributed by atoms with Gasteiger partial charge in [-0.05, 0) is 36.5 Å². The van der Waals surface area contributed by atoms with Crippen molar-refractivity contribution in [3.8, 4) is 0 Å². The molecule has 1 aliphatic rings. The number of carbonyl (C=O) groups is 2. The van der Waals surface area contributed by atoms with E-state index < -0.39 is 5.97 Å². The van der Waals surface area contributed by atoms with Gasteiger partial charge in [-0.15, -0.1) is 0 Å². The first-order valence-electron chi connectivity index (χ1n) is 9.56. The Kier molecular flexibility index (Phi) is 6.98. The molecular formula is C22H26N2O3S. The van der Waals surface area contributed by atoms with Crippen LogP contribution < -0.4 is 10.2 Å². The summed E-state index contributed by atoms with van der Waals surface area (Å²) < 4.78 is 0. The van der Waals surface area contributed by atoms with Crippen molar-refractivity contribution in [1.29, 1.82) is 0 Å². The number of anilines is 1. The molecule has 0 saturated heterocycles. The zero-order valence-corrected chi connectivity index (χ0v) is 16.6. The molecule has 148 valence electrons. The van der Waals surface area contributed by atoms with E-state index in [1.165, 1.54) is 0 Å². The second kappa shape index (κ2) is 9.64. The molecule has 1 heterocycles. The third kappa shape index (κ3) is 5.29. The molecule has 0 fully saturated rings. The van der Waals surface area contributed by atoms with Crippen molar-refractivity contribution < 1.29 is 14.7 Å². The van der Waals surface area contributed by atoms with E-state index in [1.807, 2.05) is 59.5 Å². The summed E-state index contributed by atoms with van der Waals surface area (Å²) in [4.78, 5) is 26.1. The summed E-state index contributed by atoms with van der Waals surface area (Å²) in [6, 6.07) is 17.7. The van der Waals surface area contributed by atoms with Crippen LogP contribution in [0.4, 0.5) is 5.69 Å². The fraction of sp³-hybridized carbons (Fsp3) is 0.364. The SMILES string of the molecule is O=C(O)CN1C[C@H](NC(=O)[C@@H](CS)Cc2ccccc2)CCc2ccccc21. The number of benzene rings is 2. The summed E-state index contributed by atoms with van der Waals surface area (Å²) in [6.07, 6.45) is 2.23. The summed E-state index contributed by atoms with van der Waals surface area (Å²) in [7, 11) is 0. The van der Waals surface area contributed by atoms with Crippen molar-refractivity contribution in [2.45, 2.75) is 25.3 Å². The average molecular weight is 399 g/mol. The number of nitrogens with zero attached hydrogens (tertiary/aromatic N) is 1. The maximum absolute atomic E-state index is 12.9. The number of para-hydroxylation sites is 1. The van der Waals surface area contributed by atoms with Gasteiger partial charge < -0.3 is 15.3 Å². The molecule has 2 N–H and O–H groups in total. The maximum atomic E-state index is 12.9. The number of hydrogen-bond acceptors (Lipinski definition) is 4. The zero-order valence-electron chi connectivity index (χ0n) is 15.8.